The molecule has 0 aliphatic heterocycles. The van der Waals surface area contributed by atoms with Crippen molar-refractivity contribution in [3.63, 3.8) is 0 Å². The van der Waals surface area contributed by atoms with E-state index in [1.54, 1.807) is 55.4 Å². The Kier molecular flexibility index (Phi) is 6.53. The van der Waals surface area contributed by atoms with E-state index in [2.05, 4.69) is 5.32 Å². The smallest absolute Gasteiger partial charge is 0.332 e. The van der Waals surface area contributed by atoms with E-state index in [-0.39, 0.29) is 17.0 Å². The maximum Gasteiger partial charge on any atom is 0.332 e. The fraction of sp³-hybridized carbons (Fsp3) is 0.227. The summed E-state index contributed by atoms with van der Waals surface area (Å²) in [6, 6.07) is 14.1. The van der Waals surface area contributed by atoms with E-state index in [1.165, 1.54) is 29.8 Å². The van der Waals surface area contributed by atoms with Crippen LogP contribution in [-0.2, 0) is 14.1 Å². The van der Waals surface area contributed by atoms with Crippen LogP contribution in [0.15, 0.2) is 64.2 Å². The van der Waals surface area contributed by atoms with Gasteiger partial charge < -0.3 is 10.2 Å². The molecule has 10 nitrogen and oxygen atoms in total. The molecule has 0 atom stereocenters. The summed E-state index contributed by atoms with van der Waals surface area (Å²) in [6.45, 7) is 0.753. The van der Waals surface area contributed by atoms with Crippen molar-refractivity contribution in [2.24, 2.45) is 14.1 Å². The Morgan fingerprint density at radius 2 is 1.75 bits per heavy atom. The molecule has 166 valence electrons. The molecule has 0 amide bonds. The van der Waals surface area contributed by atoms with Crippen LogP contribution in [0.5, 0.6) is 0 Å². The Morgan fingerprint density at radius 1 is 1.06 bits per heavy atom. The van der Waals surface area contributed by atoms with E-state index in [0.717, 1.165) is 4.57 Å². The number of carbonyl (C=O) groups is 1. The molecule has 1 heterocycles. The van der Waals surface area contributed by atoms with Gasteiger partial charge in [-0.1, -0.05) is 30.3 Å². The molecular weight excluding hydrogens is 414 g/mol. The molecule has 0 unspecified atom stereocenters. The van der Waals surface area contributed by atoms with Crippen molar-refractivity contribution >= 4 is 23.0 Å². The van der Waals surface area contributed by atoms with Gasteiger partial charge in [-0.25, -0.2) is 4.79 Å². The predicted molar refractivity (Wildman–Crippen MR) is 122 cm³/mol. The normalized spacial score (nSPS) is 10.6. The number of hydrogen-bond acceptors (Lipinski definition) is 7. The van der Waals surface area contributed by atoms with Gasteiger partial charge in [0.15, 0.2) is 5.78 Å². The molecular formula is C22H23N5O5. The molecule has 3 aromatic rings. The quantitative estimate of drug-likeness (QED) is 0.324. The summed E-state index contributed by atoms with van der Waals surface area (Å²) in [5.41, 5.74) is 0.137. The maximum absolute atomic E-state index is 13.1. The summed E-state index contributed by atoms with van der Waals surface area (Å²) in [5, 5.41) is 14.3. The molecule has 0 aliphatic carbocycles. The van der Waals surface area contributed by atoms with Gasteiger partial charge in [0.1, 0.15) is 5.82 Å². The lowest BCUT2D eigenvalue weighted by atomic mass is 10.0. The highest BCUT2D eigenvalue weighted by Gasteiger charge is 2.20. The number of carbonyl (C=O) groups excluding carboxylic acids is 1. The molecule has 10 heteroatoms. The molecule has 0 bridgehead atoms. The monoisotopic (exact) mass is 437 g/mol. The van der Waals surface area contributed by atoms with Crippen molar-refractivity contribution < 1.29 is 9.72 Å². The average Bonchev–Trinajstić information content (AvgIpc) is 2.80. The Balaban J connectivity index is 1.84. The molecule has 2 aromatic carbocycles. The highest BCUT2D eigenvalue weighted by Crippen LogP contribution is 2.27. The Bertz CT molecular complexity index is 1280. The van der Waals surface area contributed by atoms with E-state index in [1.807, 2.05) is 0 Å². The number of ketones is 1. The van der Waals surface area contributed by atoms with Crippen molar-refractivity contribution in [2.45, 2.75) is 0 Å². The lowest BCUT2D eigenvalue weighted by Gasteiger charge is -2.23. The van der Waals surface area contributed by atoms with Crippen molar-refractivity contribution in [2.75, 3.05) is 30.4 Å². The highest BCUT2D eigenvalue weighted by atomic mass is 16.6. The highest BCUT2D eigenvalue weighted by molar-refractivity contribution is 6.12. The van der Waals surface area contributed by atoms with Gasteiger partial charge >= 0.3 is 5.69 Å². The van der Waals surface area contributed by atoms with Crippen LogP contribution in [0.1, 0.15) is 15.9 Å². The number of hydrogen-bond donors (Lipinski definition) is 1. The fourth-order valence-electron chi connectivity index (χ4n) is 3.27. The summed E-state index contributed by atoms with van der Waals surface area (Å²) in [4.78, 5) is 49.5. The van der Waals surface area contributed by atoms with Gasteiger partial charge in [-0.2, -0.15) is 0 Å². The van der Waals surface area contributed by atoms with E-state index in [4.69, 9.17) is 0 Å². The van der Waals surface area contributed by atoms with Crippen LogP contribution >= 0.6 is 0 Å². The van der Waals surface area contributed by atoms with Crippen LogP contribution in [-0.4, -0.2) is 40.0 Å². The number of likely N-dealkylation sites (N-methyl/N-ethyl adjacent to an activating group) is 1. The molecule has 1 aromatic heterocycles. The first-order valence-electron chi connectivity index (χ1n) is 9.81. The average molecular weight is 437 g/mol. The number of benzene rings is 2. The number of rotatable bonds is 8. The molecule has 0 saturated heterocycles. The second-order valence-electron chi connectivity index (χ2n) is 7.27. The number of nitro groups is 1. The predicted octanol–water partition coefficient (Wildman–Crippen LogP) is 1.77. The lowest BCUT2D eigenvalue weighted by Crippen LogP contribution is -2.38. The minimum absolute atomic E-state index is 0.172. The number of nitrogens with zero attached hydrogens (tertiary/aromatic N) is 4. The number of nitrogens with one attached hydrogen (secondary N) is 1. The molecule has 0 fully saturated rings. The molecule has 3 rings (SSSR count). The van der Waals surface area contributed by atoms with Crippen molar-refractivity contribution in [3.8, 4) is 0 Å². The topological polar surface area (TPSA) is 119 Å². The van der Waals surface area contributed by atoms with Crippen LogP contribution in [0.25, 0.3) is 0 Å². The van der Waals surface area contributed by atoms with Gasteiger partial charge in [0.2, 0.25) is 0 Å². The standard InChI is InChI=1S/C22H23N5O5/c1-24(12-11-23-19-14-20(28)26(3)22(30)25(19)2)18-10-9-16(27(31)32)13-17(18)21(29)15-7-5-4-6-8-15/h4-10,13-14,23H,11-12H2,1-3H3. The second kappa shape index (κ2) is 9.29. The van der Waals surface area contributed by atoms with Gasteiger partial charge in [-0.15, -0.1) is 0 Å². The molecule has 1 N–H and O–H groups in total. The van der Waals surface area contributed by atoms with Gasteiger partial charge in [-0.3, -0.25) is 28.8 Å². The van der Waals surface area contributed by atoms with Gasteiger partial charge in [-0.05, 0) is 6.07 Å². The third-order valence-electron chi connectivity index (χ3n) is 5.16. The summed E-state index contributed by atoms with van der Waals surface area (Å²) in [6.07, 6.45) is 0. The van der Waals surface area contributed by atoms with Crippen LogP contribution in [0.3, 0.4) is 0 Å². The minimum Gasteiger partial charge on any atom is -0.372 e. The van der Waals surface area contributed by atoms with E-state index in [0.29, 0.717) is 30.2 Å². The molecule has 0 spiro atoms. The SMILES string of the molecule is CN(CCNc1cc(=O)n(C)c(=O)n1C)c1ccc([N+](=O)[O-])cc1C(=O)c1ccccc1. The molecule has 0 saturated carbocycles. The molecule has 32 heavy (non-hydrogen) atoms. The number of nitro benzene ring substituents is 1. The Morgan fingerprint density at radius 3 is 2.41 bits per heavy atom. The van der Waals surface area contributed by atoms with Crippen LogP contribution in [0.2, 0.25) is 0 Å². The van der Waals surface area contributed by atoms with Crippen molar-refractivity contribution in [1.29, 1.82) is 0 Å². The minimum atomic E-state index is -0.538. The Labute approximate surface area is 183 Å². The van der Waals surface area contributed by atoms with Crippen LogP contribution in [0.4, 0.5) is 17.2 Å². The third kappa shape index (κ3) is 4.59. The zero-order valence-corrected chi connectivity index (χ0v) is 17.9. The first-order valence-corrected chi connectivity index (χ1v) is 9.81. The second-order valence-corrected chi connectivity index (χ2v) is 7.27. The summed E-state index contributed by atoms with van der Waals surface area (Å²) in [7, 11) is 4.72. The number of anilines is 2. The van der Waals surface area contributed by atoms with Crippen LogP contribution in [0, 0.1) is 10.1 Å². The fourth-order valence-corrected chi connectivity index (χ4v) is 3.27. The largest absolute Gasteiger partial charge is 0.372 e. The van der Waals surface area contributed by atoms with Gasteiger partial charge in [0, 0.05) is 63.7 Å². The van der Waals surface area contributed by atoms with Crippen LogP contribution < -0.4 is 21.5 Å². The van der Waals surface area contributed by atoms with E-state index < -0.39 is 16.2 Å². The molecule has 0 aliphatic rings. The zero-order valence-electron chi connectivity index (χ0n) is 17.9. The number of non-ortho nitro benzene ring substituents is 1. The first-order chi connectivity index (χ1) is 15.2. The summed E-state index contributed by atoms with van der Waals surface area (Å²) in [5.74, 6) is 0.0499. The van der Waals surface area contributed by atoms with Gasteiger partial charge in [0.05, 0.1) is 10.5 Å². The third-order valence-corrected chi connectivity index (χ3v) is 5.16. The summed E-state index contributed by atoms with van der Waals surface area (Å²) >= 11 is 0. The van der Waals surface area contributed by atoms with E-state index >= 15 is 0 Å². The van der Waals surface area contributed by atoms with Crippen molar-refractivity contribution in [3.05, 3.63) is 96.7 Å². The maximum atomic E-state index is 13.1. The van der Waals surface area contributed by atoms with Gasteiger partial charge in [0.25, 0.3) is 11.2 Å². The Hall–Kier alpha value is -4.21. The zero-order chi connectivity index (χ0) is 23.4. The van der Waals surface area contributed by atoms with E-state index in [9.17, 15) is 24.5 Å². The lowest BCUT2D eigenvalue weighted by molar-refractivity contribution is -0.384. The number of aromatic nitrogens is 2. The first kappa shape index (κ1) is 22.5. The molecule has 0 radical (unpaired) electrons. The van der Waals surface area contributed by atoms with Crippen molar-refractivity contribution in [1.82, 2.24) is 9.13 Å². The summed E-state index contributed by atoms with van der Waals surface area (Å²) < 4.78 is 2.34.